The summed E-state index contributed by atoms with van der Waals surface area (Å²) >= 11 is 0. The third-order valence-corrected chi connectivity index (χ3v) is 21.3. The summed E-state index contributed by atoms with van der Waals surface area (Å²) in [6.45, 7) is 20.5. The number of methoxy groups -OCH3 is 3. The molecule has 0 aromatic heterocycles. The molecule has 12 amide bonds. The molecular weight excluding hydrogens is 1760 g/mol. The highest BCUT2D eigenvalue weighted by Gasteiger charge is 2.46. The summed E-state index contributed by atoms with van der Waals surface area (Å²) in [7, 11) is 4.49. The normalized spacial score (nSPS) is 15.3. The molecule has 41 nitrogen and oxygen atoms in total. The minimum atomic E-state index is -1.57. The molecule has 0 saturated heterocycles. The van der Waals surface area contributed by atoms with Crippen molar-refractivity contribution in [2.24, 2.45) is 11.8 Å². The Morgan fingerprint density at radius 2 is 0.911 bits per heavy atom. The lowest BCUT2D eigenvalue weighted by molar-refractivity contribution is -0.137. The van der Waals surface area contributed by atoms with E-state index in [0.29, 0.717) is 177 Å². The Labute approximate surface area is 786 Å². The third kappa shape index (κ3) is 36.0. The van der Waals surface area contributed by atoms with Crippen molar-refractivity contribution in [3.8, 4) is 23.0 Å². The van der Waals surface area contributed by atoms with E-state index in [0.717, 1.165) is 20.9 Å². The van der Waals surface area contributed by atoms with E-state index in [-0.39, 0.29) is 131 Å². The number of benzene rings is 4. The van der Waals surface area contributed by atoms with E-state index in [9.17, 15) is 62.6 Å². The van der Waals surface area contributed by atoms with Gasteiger partial charge < -0.3 is 128 Å². The number of nitrogens with one attached hydrogen (secondary N) is 8. The van der Waals surface area contributed by atoms with Gasteiger partial charge in [-0.3, -0.25) is 52.8 Å². The molecule has 9 N–H and O–H groups in total. The molecule has 4 aromatic carbocycles. The summed E-state index contributed by atoms with van der Waals surface area (Å²) in [5.74, 6) is -3.94. The van der Waals surface area contributed by atoms with Crippen molar-refractivity contribution in [3.05, 3.63) is 131 Å². The highest BCUT2D eigenvalue weighted by molar-refractivity contribution is 6.13. The van der Waals surface area contributed by atoms with Gasteiger partial charge in [-0.1, -0.05) is 57.5 Å². The Morgan fingerprint density at radius 1 is 0.474 bits per heavy atom. The fraction of sp³-hybridized carbons (Fsp3) is 0.553. The number of anilines is 4. The Kier molecular flexibility index (Phi) is 46.9. The van der Waals surface area contributed by atoms with Crippen LogP contribution in [0.1, 0.15) is 127 Å². The van der Waals surface area contributed by atoms with Crippen molar-refractivity contribution in [3.63, 3.8) is 0 Å². The van der Waals surface area contributed by atoms with Crippen LogP contribution in [0.2, 0.25) is 0 Å². The number of nitrogens with zero attached hydrogens (tertiary/aromatic N) is 4. The molecule has 4 aliphatic rings. The maximum Gasteiger partial charge on any atom is 0.419 e. The molecule has 0 radical (unpaired) electrons. The number of aliphatic hydroxyl groups is 1. The van der Waals surface area contributed by atoms with E-state index in [1.165, 1.54) is 62.2 Å². The molecule has 135 heavy (non-hydrogen) atoms. The Bertz CT molecular complexity index is 4610. The van der Waals surface area contributed by atoms with Crippen molar-refractivity contribution >= 4 is 94.0 Å². The van der Waals surface area contributed by atoms with Gasteiger partial charge in [-0.05, 0) is 118 Å². The first-order chi connectivity index (χ1) is 65.1. The highest BCUT2D eigenvalue weighted by Crippen LogP contribution is 2.43. The van der Waals surface area contributed by atoms with Crippen LogP contribution in [0.15, 0.2) is 109 Å². The molecular formula is C94H132N12O29. The average molecular weight is 1890 g/mol. The number of rotatable bonds is 62. The van der Waals surface area contributed by atoms with Gasteiger partial charge in [-0.15, -0.1) is 0 Å². The lowest BCUT2D eigenvalue weighted by Gasteiger charge is -2.31. The number of aliphatic hydroxyl groups excluding tert-OH is 1. The van der Waals surface area contributed by atoms with Gasteiger partial charge in [0.2, 0.25) is 41.4 Å². The molecule has 0 fully saturated rings. The number of fused-ring (bicyclic) bond motifs is 3. The summed E-state index contributed by atoms with van der Waals surface area (Å²) in [6.07, 6.45) is 4.47. The first kappa shape index (κ1) is 108. The largest absolute Gasteiger partial charge is 0.493 e. The van der Waals surface area contributed by atoms with Crippen LogP contribution in [-0.2, 0) is 120 Å². The summed E-state index contributed by atoms with van der Waals surface area (Å²) in [5.41, 5.74) is 4.54. The molecule has 4 heterocycles. The smallest absolute Gasteiger partial charge is 0.419 e. The number of unbranched alkanes of at least 4 members (excludes halogenated alkanes) is 2. The molecule has 6 atom stereocenters. The van der Waals surface area contributed by atoms with Crippen LogP contribution in [0.4, 0.5) is 32.3 Å². The number of ether oxygens (including phenoxy) is 16. The van der Waals surface area contributed by atoms with E-state index in [1.54, 1.807) is 115 Å². The molecule has 0 spiro atoms. The predicted octanol–water partition coefficient (Wildman–Crippen LogP) is 6.21. The predicted molar refractivity (Wildman–Crippen MR) is 492 cm³/mol. The second kappa shape index (κ2) is 58.4. The van der Waals surface area contributed by atoms with Crippen molar-refractivity contribution in [2.75, 3.05) is 194 Å². The van der Waals surface area contributed by atoms with Gasteiger partial charge in [0.15, 0.2) is 29.2 Å². The number of amides is 12. The van der Waals surface area contributed by atoms with Crippen LogP contribution in [0.3, 0.4) is 0 Å². The van der Waals surface area contributed by atoms with Crippen LogP contribution in [-0.4, -0.2) is 296 Å². The van der Waals surface area contributed by atoms with Crippen LogP contribution in [0.25, 0.3) is 0 Å². The minimum absolute atomic E-state index is 0.0182. The maximum atomic E-state index is 14.4. The fourth-order valence-corrected chi connectivity index (χ4v) is 13.9. The van der Waals surface area contributed by atoms with Gasteiger partial charge in [0, 0.05) is 99.8 Å². The summed E-state index contributed by atoms with van der Waals surface area (Å²) in [6, 6.07) is 14.8. The summed E-state index contributed by atoms with van der Waals surface area (Å²) in [4.78, 5) is 162. The summed E-state index contributed by atoms with van der Waals surface area (Å²) < 4.78 is 90.3. The van der Waals surface area contributed by atoms with Crippen LogP contribution in [0, 0.1) is 11.8 Å². The van der Waals surface area contributed by atoms with Crippen LogP contribution >= 0.6 is 0 Å². The molecule has 742 valence electrons. The number of allylic oxidation sites excluding steroid dienone is 1. The zero-order valence-electron chi connectivity index (χ0n) is 78.9. The van der Waals surface area contributed by atoms with Gasteiger partial charge in [0.1, 0.15) is 37.4 Å². The number of carbonyl (C=O) groups is 12. The van der Waals surface area contributed by atoms with E-state index >= 15 is 0 Å². The van der Waals surface area contributed by atoms with E-state index in [1.807, 2.05) is 6.92 Å². The Morgan fingerprint density at radius 3 is 1.37 bits per heavy atom. The van der Waals surface area contributed by atoms with Crippen LogP contribution < -0.4 is 71.3 Å². The van der Waals surface area contributed by atoms with Crippen molar-refractivity contribution < 1.29 is 138 Å². The molecule has 4 aromatic rings. The monoisotopic (exact) mass is 1890 g/mol. The van der Waals surface area contributed by atoms with E-state index < -0.39 is 95.9 Å². The number of carbonyl (C=O) groups excluding carboxylic acids is 12. The fourth-order valence-electron chi connectivity index (χ4n) is 13.9. The van der Waals surface area contributed by atoms with Crippen LogP contribution in [0.5, 0.6) is 23.0 Å². The Balaban J connectivity index is 0.692. The first-order valence-corrected chi connectivity index (χ1v) is 45.3. The van der Waals surface area contributed by atoms with Gasteiger partial charge in [-0.25, -0.2) is 19.4 Å². The second-order valence-corrected chi connectivity index (χ2v) is 32.4. The van der Waals surface area contributed by atoms with Crippen molar-refractivity contribution in [2.45, 2.75) is 157 Å². The maximum absolute atomic E-state index is 14.4. The van der Waals surface area contributed by atoms with E-state index in [4.69, 9.17) is 75.8 Å². The first-order valence-electron chi connectivity index (χ1n) is 45.3. The summed E-state index contributed by atoms with van der Waals surface area (Å²) in [5, 5.41) is 34.4. The molecule has 8 rings (SSSR count). The van der Waals surface area contributed by atoms with Crippen molar-refractivity contribution in [1.82, 2.24) is 41.7 Å². The molecule has 41 heteroatoms. The molecule has 0 aliphatic carbocycles. The average Bonchev–Trinajstić information content (AvgIpc) is 1.60. The zero-order valence-corrected chi connectivity index (χ0v) is 78.9. The van der Waals surface area contributed by atoms with Gasteiger partial charge in [-0.2, -0.15) is 0 Å². The molecule has 0 unspecified atom stereocenters. The number of hydrogen-bond donors (Lipinski definition) is 9. The molecule has 0 bridgehead atoms. The van der Waals surface area contributed by atoms with Gasteiger partial charge >= 0.3 is 12.2 Å². The molecule has 4 aliphatic heterocycles. The van der Waals surface area contributed by atoms with E-state index in [2.05, 4.69) is 42.5 Å². The van der Waals surface area contributed by atoms with Crippen molar-refractivity contribution in [1.29, 1.82) is 0 Å². The third-order valence-electron chi connectivity index (χ3n) is 21.3. The topological polar surface area (TPSA) is 482 Å². The van der Waals surface area contributed by atoms with Gasteiger partial charge in [0.25, 0.3) is 17.7 Å². The standard InChI is InChI=1S/C94H132N12O29/c1-61(2)85(101-81(108)26-32-123-36-35-120-9)89(114)97-65(7)87(112)99-70-19-15-67(16-20-70)59-134-93(118)105-64(6)56-95-57-69-52-76(121-10)78(54-73(69)105)132-30-13-12-14-31-133-79-55-74-72(53-77(79)122-11)91(116)104-58-63(5)51-75(104)92(117)106(74)94(119)135-60-68-17-21-71(22-18-68)100-88(113)66(8)98-90(115)86(62(3)4)102-82(109)27-33-124-37-39-126-41-43-128-45-47-130-49-50-131-48-46-129-44-42-127-40-38-125-34-28-96-80(107)25-29-103-83(110)23-24-84(103)111/h15-24,52-56,58,61-62,65-66,75,85-86,92,95,117H,12-14,25-51,57,59-60H2,1-11H3,(H,96,107)(H,97,114)(H,98,115)(H,99,112)(H,100,113)(H,101,108)(H,102,109)/t65-,66-,75+,85+,86-,92+/m1/s1. The Hall–Kier alpha value is -11.9. The second-order valence-electron chi connectivity index (χ2n) is 32.4. The zero-order chi connectivity index (χ0) is 97.6. The number of imide groups is 1. The lowest BCUT2D eigenvalue weighted by atomic mass is 10.0. The molecule has 0 saturated carbocycles. The number of hydrogen-bond acceptors (Lipinski definition) is 30. The minimum Gasteiger partial charge on any atom is -0.493 e. The lowest BCUT2D eigenvalue weighted by Crippen LogP contribution is -2.53. The SMILES string of the molecule is COCCOCCC(=O)N[C@H](C(=O)N[C@H](C)C(=O)Nc1ccc(COC(=O)N2C(C)=CNCc3cc(OC)c(OCCCCCOc4cc5c(cc4OC)C(=O)N4C=C(C)C[C@H]4[C@H](O)N5C(=O)OCc4ccc(NC(=O)[C@@H](C)NC(=O)[C@H](NC(=O)CCOCCOCCOCCOCCOCCOCCOCCOCCNC(=O)CCN5C(=O)C=CC5=O)C(C)C)cc4)cc32)cc1)C(C)C. The van der Waals surface area contributed by atoms with Gasteiger partial charge in [0.05, 0.1) is 176 Å². The highest BCUT2D eigenvalue weighted by atomic mass is 16.6. The quantitative estimate of drug-likeness (QED) is 0.0175.